The lowest BCUT2D eigenvalue weighted by atomic mass is 9.95. The average Bonchev–Trinajstić information content (AvgIpc) is 2.27. The summed E-state index contributed by atoms with van der Waals surface area (Å²) < 4.78 is 146. The second-order valence-corrected chi connectivity index (χ2v) is 3.29. The van der Waals surface area contributed by atoms with Gasteiger partial charge in [-0.25, -0.2) is 8.78 Å². The normalized spacial score (nSPS) is 15.8. The van der Waals surface area contributed by atoms with Crippen molar-refractivity contribution in [2.45, 2.75) is 29.6 Å². The van der Waals surface area contributed by atoms with E-state index in [1.807, 2.05) is 0 Å². The van der Waals surface area contributed by atoms with Gasteiger partial charge in [-0.15, -0.1) is 0 Å². The third-order valence-electron chi connectivity index (χ3n) is 1.97. The number of hydrogen-bond acceptors (Lipinski definition) is 0. The Bertz CT molecular complexity index is 288. The highest BCUT2D eigenvalue weighted by Gasteiger charge is 2.86. The summed E-state index contributed by atoms with van der Waals surface area (Å²) in [6.07, 6.45) is 0. The molecule has 0 fully saturated rings. The van der Waals surface area contributed by atoms with Crippen molar-refractivity contribution in [2.75, 3.05) is 6.67 Å². The van der Waals surface area contributed by atoms with Crippen LogP contribution in [0.5, 0.6) is 0 Å². The van der Waals surface area contributed by atoms with E-state index < -0.39 is 43.0 Å². The first-order valence-corrected chi connectivity index (χ1v) is 4.02. The van der Waals surface area contributed by atoms with Crippen LogP contribution < -0.4 is 0 Å². The van der Waals surface area contributed by atoms with E-state index in [2.05, 4.69) is 0 Å². The van der Waals surface area contributed by atoms with Gasteiger partial charge in [-0.1, -0.05) is 0 Å². The Morgan fingerprint density at radius 2 is 1.00 bits per heavy atom. The minimum Gasteiger partial charge on any atom is -0.244 e. The molecular weight excluding hydrogens is 312 g/mol. The second-order valence-electron chi connectivity index (χ2n) is 3.29. The van der Waals surface area contributed by atoms with E-state index in [0.29, 0.717) is 0 Å². The van der Waals surface area contributed by atoms with Crippen LogP contribution in [0.25, 0.3) is 0 Å². The van der Waals surface area contributed by atoms with Crippen molar-refractivity contribution in [2.24, 2.45) is 0 Å². The van der Waals surface area contributed by atoms with E-state index in [9.17, 15) is 52.7 Å². The SMILES string of the molecule is F[CH]C(F)(F)C(F)(F)C(F)(F)C(F)(F)C(F)(F)CF. The van der Waals surface area contributed by atoms with E-state index in [1.165, 1.54) is 0 Å². The standard InChI is InChI=1S/C7H3F12/c8-1-3(10,11)5(14,15)7(18,19)6(16,17)4(12,13)2-9/h1H,2H2. The van der Waals surface area contributed by atoms with Gasteiger partial charge in [0, 0.05) is 0 Å². The average molecular weight is 315 g/mol. The molecule has 0 aliphatic heterocycles. The van der Waals surface area contributed by atoms with Crippen molar-refractivity contribution in [1.29, 1.82) is 0 Å². The van der Waals surface area contributed by atoms with E-state index in [1.54, 1.807) is 0 Å². The highest BCUT2D eigenvalue weighted by Crippen LogP contribution is 2.57. The summed E-state index contributed by atoms with van der Waals surface area (Å²) in [6, 6.07) is 0. The minimum atomic E-state index is -7.41. The van der Waals surface area contributed by atoms with Gasteiger partial charge in [0.15, 0.2) is 6.67 Å². The molecule has 1 radical (unpaired) electrons. The molecule has 115 valence electrons. The fourth-order valence-electron chi connectivity index (χ4n) is 0.789. The summed E-state index contributed by atoms with van der Waals surface area (Å²) >= 11 is 0. The van der Waals surface area contributed by atoms with E-state index >= 15 is 0 Å². The predicted molar refractivity (Wildman–Crippen MR) is 36.1 cm³/mol. The summed E-state index contributed by atoms with van der Waals surface area (Å²) in [4.78, 5) is 0. The molecule has 12 heteroatoms. The number of hydrogen-bond donors (Lipinski definition) is 0. The summed E-state index contributed by atoms with van der Waals surface area (Å²) in [5, 5.41) is 0. The lowest BCUT2D eigenvalue weighted by Gasteiger charge is -2.37. The molecule has 0 saturated heterocycles. The largest absolute Gasteiger partial charge is 0.384 e. The molecule has 0 aromatic heterocycles. The molecule has 0 nitrogen and oxygen atoms in total. The van der Waals surface area contributed by atoms with Gasteiger partial charge < -0.3 is 0 Å². The molecule has 0 aliphatic rings. The molecule has 0 aliphatic carbocycles. The van der Waals surface area contributed by atoms with Crippen LogP contribution in [0, 0.1) is 6.67 Å². The zero-order valence-corrected chi connectivity index (χ0v) is 8.32. The van der Waals surface area contributed by atoms with Gasteiger partial charge in [-0.3, -0.25) is 0 Å². The Balaban J connectivity index is 5.86. The van der Waals surface area contributed by atoms with Crippen LogP contribution in [0.15, 0.2) is 0 Å². The van der Waals surface area contributed by atoms with Crippen LogP contribution in [0.2, 0.25) is 0 Å². The van der Waals surface area contributed by atoms with Crippen molar-refractivity contribution < 1.29 is 52.7 Å². The Hall–Kier alpha value is -0.840. The summed E-state index contributed by atoms with van der Waals surface area (Å²) in [5.74, 6) is -34.6. The third-order valence-corrected chi connectivity index (χ3v) is 1.97. The maximum atomic E-state index is 12.5. The minimum absolute atomic E-state index is 2.36. The molecule has 0 heterocycles. The highest BCUT2D eigenvalue weighted by atomic mass is 19.4. The number of alkyl halides is 11. The number of halogens is 12. The fourth-order valence-corrected chi connectivity index (χ4v) is 0.789. The summed E-state index contributed by atoms with van der Waals surface area (Å²) in [7, 11) is 0. The van der Waals surface area contributed by atoms with Gasteiger partial charge >= 0.3 is 29.6 Å². The molecule has 19 heavy (non-hydrogen) atoms. The van der Waals surface area contributed by atoms with Crippen molar-refractivity contribution in [1.82, 2.24) is 0 Å². The molecule has 0 bridgehead atoms. The Kier molecular flexibility index (Phi) is 4.41. The Morgan fingerprint density at radius 1 is 0.632 bits per heavy atom. The van der Waals surface area contributed by atoms with Crippen LogP contribution in [-0.2, 0) is 0 Å². The third kappa shape index (κ3) is 2.33. The molecule has 0 spiro atoms. The van der Waals surface area contributed by atoms with Crippen LogP contribution in [0.1, 0.15) is 0 Å². The van der Waals surface area contributed by atoms with Gasteiger partial charge in [0.25, 0.3) is 0 Å². The molecule has 0 N–H and O–H groups in total. The summed E-state index contributed by atoms with van der Waals surface area (Å²) in [5.41, 5.74) is 0. The maximum absolute atomic E-state index is 12.5. The molecule has 0 amide bonds. The molecule has 0 unspecified atom stereocenters. The smallest absolute Gasteiger partial charge is 0.244 e. The van der Waals surface area contributed by atoms with Crippen molar-refractivity contribution in [3.05, 3.63) is 6.67 Å². The topological polar surface area (TPSA) is 0 Å². The zero-order valence-electron chi connectivity index (χ0n) is 8.32. The molecule has 0 atom stereocenters. The van der Waals surface area contributed by atoms with Gasteiger partial charge in [0.1, 0.15) is 0 Å². The van der Waals surface area contributed by atoms with Crippen LogP contribution in [0.4, 0.5) is 52.7 Å². The van der Waals surface area contributed by atoms with Crippen LogP contribution >= 0.6 is 0 Å². The van der Waals surface area contributed by atoms with Gasteiger partial charge in [-0.2, -0.15) is 43.9 Å². The van der Waals surface area contributed by atoms with Crippen molar-refractivity contribution >= 4 is 0 Å². The Labute approximate surface area is 96.9 Å². The first kappa shape index (κ1) is 18.2. The molecule has 0 saturated carbocycles. The highest BCUT2D eigenvalue weighted by molar-refractivity contribution is 5.10. The molecule has 0 rings (SSSR count). The van der Waals surface area contributed by atoms with Gasteiger partial charge in [0.05, 0.1) is 0 Å². The molecule has 0 aromatic carbocycles. The molecule has 0 aromatic rings. The number of rotatable bonds is 6. The second kappa shape index (κ2) is 4.62. The van der Waals surface area contributed by atoms with Crippen LogP contribution in [0.3, 0.4) is 0 Å². The van der Waals surface area contributed by atoms with Gasteiger partial charge in [0.2, 0.25) is 6.67 Å². The lowest BCUT2D eigenvalue weighted by Crippen LogP contribution is -2.67. The first-order valence-electron chi connectivity index (χ1n) is 4.02. The lowest BCUT2D eigenvalue weighted by molar-refractivity contribution is -0.399. The monoisotopic (exact) mass is 315 g/mol. The first-order chi connectivity index (χ1) is 8.12. The van der Waals surface area contributed by atoms with Crippen LogP contribution in [-0.4, -0.2) is 36.3 Å². The quantitative estimate of drug-likeness (QED) is 0.642. The zero-order chi connectivity index (χ0) is 15.9. The Morgan fingerprint density at radius 3 is 1.26 bits per heavy atom. The van der Waals surface area contributed by atoms with E-state index in [4.69, 9.17) is 0 Å². The molecular formula is C7H3F12. The predicted octanol–water partition coefficient (Wildman–Crippen LogP) is 4.26. The van der Waals surface area contributed by atoms with E-state index in [-0.39, 0.29) is 0 Å². The maximum Gasteiger partial charge on any atom is 0.384 e. The fraction of sp³-hybridized carbons (Fsp3) is 0.857. The van der Waals surface area contributed by atoms with Crippen molar-refractivity contribution in [3.8, 4) is 0 Å². The van der Waals surface area contributed by atoms with Crippen molar-refractivity contribution in [3.63, 3.8) is 0 Å². The summed E-state index contributed by atoms with van der Waals surface area (Å²) in [6.45, 7) is -5.87. The van der Waals surface area contributed by atoms with Gasteiger partial charge in [-0.05, 0) is 0 Å². The van der Waals surface area contributed by atoms with E-state index in [0.717, 1.165) is 0 Å².